The van der Waals surface area contributed by atoms with Crippen molar-refractivity contribution in [1.29, 1.82) is 0 Å². The molecule has 1 amide bonds. The summed E-state index contributed by atoms with van der Waals surface area (Å²) >= 11 is 7.34. The highest BCUT2D eigenvalue weighted by Crippen LogP contribution is 2.38. The van der Waals surface area contributed by atoms with Crippen LogP contribution in [0.15, 0.2) is 0 Å². The summed E-state index contributed by atoms with van der Waals surface area (Å²) in [5.74, 6) is 0.544. The zero-order chi connectivity index (χ0) is 22.6. The number of piperidine rings is 2. The van der Waals surface area contributed by atoms with E-state index in [-0.39, 0.29) is 28.9 Å². The highest BCUT2D eigenvalue weighted by molar-refractivity contribution is 6.22. The Kier molecular flexibility index (Phi) is 8.77. The summed E-state index contributed by atoms with van der Waals surface area (Å²) in [5.41, 5.74) is 6.69. The molecule has 6 nitrogen and oxygen atoms in total. The Morgan fingerprint density at radius 1 is 0.906 bits per heavy atom. The van der Waals surface area contributed by atoms with E-state index in [1.807, 2.05) is 0 Å². The molecule has 3 unspecified atom stereocenters. The number of halogens is 1. The van der Waals surface area contributed by atoms with Crippen molar-refractivity contribution in [3.05, 3.63) is 0 Å². The summed E-state index contributed by atoms with van der Waals surface area (Å²) in [6.07, 6.45) is 13.5. The van der Waals surface area contributed by atoms with Gasteiger partial charge in [-0.25, -0.2) is 0 Å². The zero-order valence-corrected chi connectivity index (χ0v) is 21.0. The van der Waals surface area contributed by atoms with Gasteiger partial charge in [-0.3, -0.25) is 9.69 Å². The Balaban J connectivity index is 1.36. The van der Waals surface area contributed by atoms with Crippen LogP contribution < -0.4 is 11.1 Å². The van der Waals surface area contributed by atoms with Gasteiger partial charge in [-0.15, -0.1) is 11.6 Å². The number of nitrogens with zero attached hydrogens (tertiary/aromatic N) is 3. The molecule has 1 aliphatic carbocycles. The van der Waals surface area contributed by atoms with Crippen molar-refractivity contribution in [2.45, 2.75) is 93.6 Å². The van der Waals surface area contributed by atoms with Crippen LogP contribution in [-0.4, -0.2) is 96.5 Å². The minimum Gasteiger partial charge on any atom is -0.340 e. The standard InChI is InChI=1S/C25H46ClN5O/c1-29-15-17-31(18-16-29)24(32)20-9-13-30(14-10-20)22-21(27)19-28-25(23(22)26)11-7-5-3-2-4-6-8-12-25/h20-23,28H,2-19,27H2,1H3. The molecule has 4 fully saturated rings. The first kappa shape index (κ1) is 24.7. The fourth-order valence-corrected chi connectivity index (χ4v) is 7.25. The monoisotopic (exact) mass is 467 g/mol. The lowest BCUT2D eigenvalue weighted by Crippen LogP contribution is -2.72. The molecule has 1 saturated carbocycles. The summed E-state index contributed by atoms with van der Waals surface area (Å²) in [4.78, 5) is 20.0. The number of hydrogen-bond acceptors (Lipinski definition) is 5. The molecule has 4 aliphatic rings. The van der Waals surface area contributed by atoms with E-state index in [1.165, 1.54) is 57.8 Å². The van der Waals surface area contributed by atoms with Crippen LogP contribution in [0.5, 0.6) is 0 Å². The number of piperazine rings is 1. The van der Waals surface area contributed by atoms with Crippen LogP contribution in [0.3, 0.4) is 0 Å². The topological polar surface area (TPSA) is 64.8 Å². The summed E-state index contributed by atoms with van der Waals surface area (Å²) in [5, 5.41) is 3.88. The normalized spacial score (nSPS) is 34.5. The number of nitrogens with two attached hydrogens (primary N) is 1. The third-order valence-corrected chi connectivity index (χ3v) is 9.49. The van der Waals surface area contributed by atoms with Crippen LogP contribution in [0.1, 0.15) is 70.6 Å². The molecule has 4 rings (SSSR count). The fourth-order valence-electron chi connectivity index (χ4n) is 6.61. The van der Waals surface area contributed by atoms with Gasteiger partial charge in [0.25, 0.3) is 0 Å². The van der Waals surface area contributed by atoms with E-state index in [9.17, 15) is 4.79 Å². The minimum absolute atomic E-state index is 0.0198. The number of carbonyl (C=O) groups is 1. The van der Waals surface area contributed by atoms with Crippen molar-refractivity contribution < 1.29 is 4.79 Å². The lowest BCUT2D eigenvalue weighted by Gasteiger charge is -2.53. The van der Waals surface area contributed by atoms with E-state index in [1.54, 1.807) is 0 Å². The highest BCUT2D eigenvalue weighted by Gasteiger charge is 2.49. The summed E-state index contributed by atoms with van der Waals surface area (Å²) in [6, 6.07) is 0.268. The average Bonchev–Trinajstić information content (AvgIpc) is 2.81. The molecule has 3 aliphatic heterocycles. The van der Waals surface area contributed by atoms with Gasteiger partial charge in [0, 0.05) is 56.3 Å². The molecule has 1 spiro atoms. The summed E-state index contributed by atoms with van der Waals surface area (Å²) in [6.45, 7) is 6.48. The second-order valence-corrected chi connectivity index (χ2v) is 11.5. The minimum atomic E-state index is 0.0198. The molecule has 0 radical (unpaired) electrons. The molecule has 3 heterocycles. The molecule has 0 bridgehead atoms. The Morgan fingerprint density at radius 3 is 2.06 bits per heavy atom. The molecule has 184 valence electrons. The highest BCUT2D eigenvalue weighted by atomic mass is 35.5. The second kappa shape index (κ2) is 11.4. The number of rotatable bonds is 2. The smallest absolute Gasteiger partial charge is 0.225 e. The Hall–Kier alpha value is -0.400. The van der Waals surface area contributed by atoms with Gasteiger partial charge in [0.1, 0.15) is 0 Å². The van der Waals surface area contributed by atoms with Crippen molar-refractivity contribution in [3.63, 3.8) is 0 Å². The van der Waals surface area contributed by atoms with Gasteiger partial charge >= 0.3 is 0 Å². The number of alkyl halides is 1. The van der Waals surface area contributed by atoms with Gasteiger partial charge in [-0.1, -0.05) is 44.9 Å². The third kappa shape index (κ3) is 5.63. The van der Waals surface area contributed by atoms with Crippen molar-refractivity contribution >= 4 is 17.5 Å². The third-order valence-electron chi connectivity index (χ3n) is 8.82. The predicted octanol–water partition coefficient (Wildman–Crippen LogP) is 2.64. The number of amides is 1. The van der Waals surface area contributed by atoms with E-state index in [0.29, 0.717) is 5.91 Å². The van der Waals surface area contributed by atoms with Crippen molar-refractivity contribution in [2.75, 3.05) is 52.9 Å². The van der Waals surface area contributed by atoms with Crippen LogP contribution in [-0.2, 0) is 4.79 Å². The number of hydrogen-bond donors (Lipinski definition) is 2. The van der Waals surface area contributed by atoms with E-state index < -0.39 is 0 Å². The quantitative estimate of drug-likeness (QED) is 0.611. The lowest BCUT2D eigenvalue weighted by atomic mass is 9.74. The largest absolute Gasteiger partial charge is 0.340 e. The zero-order valence-electron chi connectivity index (χ0n) is 20.2. The maximum Gasteiger partial charge on any atom is 0.225 e. The van der Waals surface area contributed by atoms with Gasteiger partial charge < -0.3 is 20.9 Å². The van der Waals surface area contributed by atoms with Gasteiger partial charge in [0.15, 0.2) is 0 Å². The molecule has 3 atom stereocenters. The van der Waals surface area contributed by atoms with Gasteiger partial charge in [-0.2, -0.15) is 0 Å². The molecule has 3 saturated heterocycles. The SMILES string of the molecule is CN1CCN(C(=O)C2CCN(C3C(N)CNC4(CCCCCCCCC4)C3Cl)CC2)CC1. The van der Waals surface area contributed by atoms with E-state index in [0.717, 1.165) is 58.7 Å². The number of likely N-dealkylation sites (N-methyl/N-ethyl adjacent to an activating group) is 1. The second-order valence-electron chi connectivity index (χ2n) is 11.0. The Bertz CT molecular complexity index is 593. The first-order valence-corrected chi connectivity index (χ1v) is 13.8. The van der Waals surface area contributed by atoms with Crippen LogP contribution in [0, 0.1) is 5.92 Å². The van der Waals surface area contributed by atoms with Gasteiger partial charge in [0.05, 0.1) is 5.38 Å². The maximum absolute atomic E-state index is 13.1. The van der Waals surface area contributed by atoms with E-state index >= 15 is 0 Å². The van der Waals surface area contributed by atoms with Crippen LogP contribution in [0.4, 0.5) is 0 Å². The summed E-state index contributed by atoms with van der Waals surface area (Å²) < 4.78 is 0. The Labute approximate surface area is 200 Å². The van der Waals surface area contributed by atoms with Crippen molar-refractivity contribution in [1.82, 2.24) is 20.0 Å². The fraction of sp³-hybridized carbons (Fsp3) is 0.960. The summed E-state index contributed by atoms with van der Waals surface area (Å²) in [7, 11) is 2.14. The van der Waals surface area contributed by atoms with E-state index in [2.05, 4.69) is 27.1 Å². The number of carbonyl (C=O) groups excluding carboxylic acids is 1. The first-order valence-electron chi connectivity index (χ1n) is 13.4. The van der Waals surface area contributed by atoms with Crippen LogP contribution >= 0.6 is 11.6 Å². The molecule has 0 aromatic rings. The number of nitrogens with one attached hydrogen (secondary N) is 1. The van der Waals surface area contributed by atoms with Crippen molar-refractivity contribution in [2.24, 2.45) is 11.7 Å². The van der Waals surface area contributed by atoms with Crippen molar-refractivity contribution in [3.8, 4) is 0 Å². The molecule has 0 aromatic heterocycles. The maximum atomic E-state index is 13.1. The average molecular weight is 468 g/mol. The molecule has 7 heteroatoms. The van der Waals surface area contributed by atoms with Crippen LogP contribution in [0.25, 0.3) is 0 Å². The van der Waals surface area contributed by atoms with Crippen LogP contribution in [0.2, 0.25) is 0 Å². The molecular formula is C25H46ClN5O. The lowest BCUT2D eigenvalue weighted by molar-refractivity contribution is -0.139. The van der Waals surface area contributed by atoms with E-state index in [4.69, 9.17) is 17.3 Å². The first-order chi connectivity index (χ1) is 15.5. The molecule has 0 aromatic carbocycles. The van der Waals surface area contributed by atoms with Gasteiger partial charge in [0.2, 0.25) is 5.91 Å². The Morgan fingerprint density at radius 2 is 1.47 bits per heavy atom. The number of likely N-dealkylation sites (tertiary alicyclic amines) is 1. The molecular weight excluding hydrogens is 422 g/mol. The molecule has 32 heavy (non-hydrogen) atoms. The molecule has 3 N–H and O–H groups in total. The predicted molar refractivity (Wildman–Crippen MR) is 132 cm³/mol. The van der Waals surface area contributed by atoms with Gasteiger partial charge in [-0.05, 0) is 45.8 Å².